The van der Waals surface area contributed by atoms with Crippen LogP contribution < -0.4 is 0 Å². The predicted octanol–water partition coefficient (Wildman–Crippen LogP) is 2.77. The zero-order valence-corrected chi connectivity index (χ0v) is 16.6. The van der Waals surface area contributed by atoms with E-state index < -0.39 is 0 Å². The second-order valence-corrected chi connectivity index (χ2v) is 7.71. The highest BCUT2D eigenvalue weighted by Gasteiger charge is 2.36. The maximum Gasteiger partial charge on any atom is 0.261 e. The highest BCUT2D eigenvalue weighted by molar-refractivity contribution is 6.22. The third-order valence-electron chi connectivity index (χ3n) is 5.55. The molecule has 2 aliphatic heterocycles. The van der Waals surface area contributed by atoms with E-state index >= 15 is 0 Å². The van der Waals surface area contributed by atoms with E-state index in [0.29, 0.717) is 42.8 Å². The molecular weight excluding hydrogens is 368 g/mol. The van der Waals surface area contributed by atoms with Gasteiger partial charge in [0.1, 0.15) is 0 Å². The van der Waals surface area contributed by atoms with Gasteiger partial charge in [-0.15, -0.1) is 0 Å². The Hall–Kier alpha value is -2.99. The van der Waals surface area contributed by atoms with E-state index in [-0.39, 0.29) is 29.9 Å². The van der Waals surface area contributed by atoms with Crippen LogP contribution in [0.3, 0.4) is 0 Å². The molecule has 150 valence electrons. The molecule has 2 aliphatic rings. The Bertz CT molecular complexity index is 957. The number of morpholine rings is 1. The molecule has 0 N–H and O–H groups in total. The van der Waals surface area contributed by atoms with Crippen molar-refractivity contribution in [3.05, 3.63) is 70.8 Å². The van der Waals surface area contributed by atoms with Crippen LogP contribution in [-0.4, -0.2) is 59.4 Å². The van der Waals surface area contributed by atoms with Gasteiger partial charge in [0.15, 0.2) is 0 Å². The largest absolute Gasteiger partial charge is 0.375 e. The van der Waals surface area contributed by atoms with Gasteiger partial charge in [0.05, 0.1) is 29.9 Å². The van der Waals surface area contributed by atoms with Gasteiger partial charge in [0, 0.05) is 18.7 Å². The average molecular weight is 392 g/mol. The predicted molar refractivity (Wildman–Crippen MR) is 108 cm³/mol. The van der Waals surface area contributed by atoms with E-state index in [1.807, 2.05) is 44.2 Å². The van der Waals surface area contributed by atoms with Crippen molar-refractivity contribution in [2.24, 2.45) is 0 Å². The first-order chi connectivity index (χ1) is 14.0. The summed E-state index contributed by atoms with van der Waals surface area (Å²) in [5.74, 6) is -0.772. The lowest BCUT2D eigenvalue weighted by Crippen LogP contribution is -2.50. The molecule has 0 saturated carbocycles. The summed E-state index contributed by atoms with van der Waals surface area (Å²) in [5, 5.41) is 0. The fraction of sp³-hybridized carbons (Fsp3) is 0.348. The highest BCUT2D eigenvalue weighted by Crippen LogP contribution is 2.26. The van der Waals surface area contributed by atoms with Crippen LogP contribution in [-0.2, 0) is 11.2 Å². The number of carbonyl (C=O) groups is 3. The molecule has 0 aromatic heterocycles. The molecule has 2 aromatic rings. The Balaban J connectivity index is 1.53. The van der Waals surface area contributed by atoms with Crippen molar-refractivity contribution in [3.63, 3.8) is 0 Å². The number of ether oxygens (including phenoxy) is 1. The van der Waals surface area contributed by atoms with Crippen molar-refractivity contribution in [1.29, 1.82) is 0 Å². The summed E-state index contributed by atoms with van der Waals surface area (Å²) in [6.07, 6.45) is 0.572. The number of carbonyl (C=O) groups excluding carboxylic acids is 3. The second-order valence-electron chi connectivity index (χ2n) is 7.71. The number of rotatable bonds is 4. The Morgan fingerprint density at radius 1 is 1.03 bits per heavy atom. The van der Waals surface area contributed by atoms with Crippen LogP contribution in [0.5, 0.6) is 0 Å². The minimum Gasteiger partial charge on any atom is -0.375 e. The van der Waals surface area contributed by atoms with Gasteiger partial charge >= 0.3 is 0 Å². The summed E-state index contributed by atoms with van der Waals surface area (Å²) in [4.78, 5) is 41.6. The van der Waals surface area contributed by atoms with Gasteiger partial charge in [-0.05, 0) is 44.0 Å². The average Bonchev–Trinajstić information content (AvgIpc) is 2.98. The summed E-state index contributed by atoms with van der Waals surface area (Å²) < 4.78 is 5.59. The first-order valence-electron chi connectivity index (χ1n) is 9.92. The van der Waals surface area contributed by atoms with Crippen molar-refractivity contribution < 1.29 is 19.1 Å². The van der Waals surface area contributed by atoms with Crippen LogP contribution in [0, 0.1) is 0 Å². The first-order valence-corrected chi connectivity index (χ1v) is 9.92. The molecule has 2 aromatic carbocycles. The van der Waals surface area contributed by atoms with Crippen LogP contribution in [0.15, 0.2) is 48.5 Å². The molecular formula is C23H24N2O4. The van der Waals surface area contributed by atoms with Crippen LogP contribution in [0.4, 0.5) is 0 Å². The third kappa shape index (κ3) is 3.68. The quantitative estimate of drug-likeness (QED) is 0.751. The molecule has 0 radical (unpaired) electrons. The van der Waals surface area contributed by atoms with Crippen LogP contribution in [0.25, 0.3) is 0 Å². The van der Waals surface area contributed by atoms with Crippen molar-refractivity contribution in [3.8, 4) is 0 Å². The lowest BCUT2D eigenvalue weighted by atomic mass is 10.0. The summed E-state index contributed by atoms with van der Waals surface area (Å²) in [7, 11) is 0. The Kier molecular flexibility index (Phi) is 5.20. The van der Waals surface area contributed by atoms with E-state index in [0.717, 1.165) is 5.56 Å². The Labute approximate surface area is 170 Å². The summed E-state index contributed by atoms with van der Waals surface area (Å²) in [5.41, 5.74) is 2.16. The molecule has 1 saturated heterocycles. The topological polar surface area (TPSA) is 66.9 Å². The van der Waals surface area contributed by atoms with Crippen molar-refractivity contribution >= 4 is 17.7 Å². The fourth-order valence-corrected chi connectivity index (χ4v) is 3.86. The first kappa shape index (κ1) is 19.3. The fourth-order valence-electron chi connectivity index (χ4n) is 3.86. The molecule has 0 spiro atoms. The number of benzene rings is 2. The number of imide groups is 1. The molecule has 0 aliphatic carbocycles. The number of hydrogen-bond donors (Lipinski definition) is 0. The van der Waals surface area contributed by atoms with E-state index in [1.165, 1.54) is 4.90 Å². The molecule has 2 atom stereocenters. The van der Waals surface area contributed by atoms with Gasteiger partial charge in [-0.1, -0.05) is 30.3 Å². The van der Waals surface area contributed by atoms with Gasteiger partial charge in [-0.2, -0.15) is 0 Å². The van der Waals surface area contributed by atoms with Crippen molar-refractivity contribution in [2.75, 3.05) is 19.7 Å². The SMILES string of the molecule is CC1CN(C(=O)c2ccc3c(c2)C(=O)N(CCc2ccccc2)C3=O)C(C)CO1. The normalized spacial score (nSPS) is 21.4. The smallest absolute Gasteiger partial charge is 0.261 e. The number of fused-ring (bicyclic) bond motifs is 1. The van der Waals surface area contributed by atoms with Gasteiger partial charge in [-0.25, -0.2) is 0 Å². The number of amides is 3. The van der Waals surface area contributed by atoms with E-state index in [2.05, 4.69) is 0 Å². The molecule has 29 heavy (non-hydrogen) atoms. The Morgan fingerprint density at radius 2 is 1.76 bits per heavy atom. The van der Waals surface area contributed by atoms with Crippen molar-refractivity contribution in [1.82, 2.24) is 9.80 Å². The summed E-state index contributed by atoms with van der Waals surface area (Å²) >= 11 is 0. The van der Waals surface area contributed by atoms with E-state index in [9.17, 15) is 14.4 Å². The van der Waals surface area contributed by atoms with Gasteiger partial charge < -0.3 is 9.64 Å². The molecule has 4 rings (SSSR count). The number of nitrogens with zero attached hydrogens (tertiary/aromatic N) is 2. The number of hydrogen-bond acceptors (Lipinski definition) is 4. The summed E-state index contributed by atoms with van der Waals surface area (Å²) in [6, 6.07) is 14.5. The molecule has 0 bridgehead atoms. The zero-order chi connectivity index (χ0) is 20.5. The van der Waals surface area contributed by atoms with E-state index in [4.69, 9.17) is 4.74 Å². The van der Waals surface area contributed by atoms with E-state index in [1.54, 1.807) is 23.1 Å². The van der Waals surface area contributed by atoms with Gasteiger partial charge in [0.2, 0.25) is 0 Å². The second kappa shape index (κ2) is 7.79. The third-order valence-corrected chi connectivity index (χ3v) is 5.55. The van der Waals surface area contributed by atoms with Crippen LogP contribution >= 0.6 is 0 Å². The molecule has 6 heteroatoms. The molecule has 2 heterocycles. The summed E-state index contributed by atoms with van der Waals surface area (Å²) in [6.45, 7) is 5.19. The Morgan fingerprint density at radius 3 is 2.52 bits per heavy atom. The monoisotopic (exact) mass is 392 g/mol. The maximum atomic E-state index is 13.0. The van der Waals surface area contributed by atoms with Gasteiger partial charge in [-0.3, -0.25) is 19.3 Å². The molecule has 1 fully saturated rings. The molecule has 2 unspecified atom stereocenters. The van der Waals surface area contributed by atoms with Gasteiger partial charge in [0.25, 0.3) is 17.7 Å². The van der Waals surface area contributed by atoms with Crippen LogP contribution in [0.2, 0.25) is 0 Å². The molecule has 3 amide bonds. The molecule has 6 nitrogen and oxygen atoms in total. The zero-order valence-electron chi connectivity index (χ0n) is 16.6. The lowest BCUT2D eigenvalue weighted by molar-refractivity contribution is -0.0387. The minimum absolute atomic E-state index is 0.0266. The highest BCUT2D eigenvalue weighted by atomic mass is 16.5. The minimum atomic E-state index is -0.334. The standard InChI is InChI=1S/C23H24N2O4/c1-15-14-29-16(2)13-25(15)21(26)18-8-9-19-20(12-18)23(28)24(22(19)27)11-10-17-6-4-3-5-7-17/h3-9,12,15-16H,10-11,13-14H2,1-2H3. The van der Waals surface area contributed by atoms with Crippen molar-refractivity contribution in [2.45, 2.75) is 32.4 Å². The van der Waals surface area contributed by atoms with Crippen LogP contribution in [0.1, 0.15) is 50.5 Å². The lowest BCUT2D eigenvalue weighted by Gasteiger charge is -2.36. The maximum absolute atomic E-state index is 13.0.